The van der Waals surface area contributed by atoms with E-state index in [1.807, 2.05) is 48.5 Å². The Bertz CT molecular complexity index is 2250. The number of para-hydroxylation sites is 2. The van der Waals surface area contributed by atoms with E-state index in [0.717, 1.165) is 0 Å². The number of ether oxygens (including phenoxy) is 2. The molecule has 59 heavy (non-hydrogen) atoms. The van der Waals surface area contributed by atoms with E-state index >= 15 is 9.59 Å². The molecule has 3 aliphatic heterocycles. The van der Waals surface area contributed by atoms with Gasteiger partial charge in [-0.1, -0.05) is 77.9 Å². The van der Waals surface area contributed by atoms with E-state index in [2.05, 4.69) is 67.7 Å². The molecule has 3 amide bonds. The van der Waals surface area contributed by atoms with Gasteiger partial charge in [0.05, 0.1) is 23.2 Å². The minimum Gasteiger partial charge on any atom is -0.443 e. The van der Waals surface area contributed by atoms with Crippen LogP contribution in [-0.2, 0) is 33.3 Å². The maximum atomic E-state index is 16.2. The molecular weight excluding hydrogens is 781 g/mol. The summed E-state index contributed by atoms with van der Waals surface area (Å²) in [6.07, 6.45) is 1.03. The number of piperazine rings is 1. The summed E-state index contributed by atoms with van der Waals surface area (Å²) >= 11 is 0. The molecule has 2 aromatic carbocycles. The molecule has 0 saturated carbocycles. The number of nitrogens with zero attached hydrogens (tertiary/aromatic N) is 4. The fourth-order valence-corrected chi connectivity index (χ4v) is 10.1. The lowest BCUT2D eigenvalue weighted by Gasteiger charge is -2.54. The van der Waals surface area contributed by atoms with Gasteiger partial charge in [0, 0.05) is 18.6 Å². The highest BCUT2D eigenvalue weighted by Crippen LogP contribution is 2.59. The van der Waals surface area contributed by atoms with Gasteiger partial charge in [-0.15, -0.1) is 0 Å². The Morgan fingerprint density at radius 2 is 1.27 bits per heavy atom. The number of amides is 3. The van der Waals surface area contributed by atoms with Crippen LogP contribution >= 0.6 is 0 Å². The third-order valence-electron chi connectivity index (χ3n) is 12.8. The molecule has 3 aromatic rings. The third kappa shape index (κ3) is 7.17. The summed E-state index contributed by atoms with van der Waals surface area (Å²) in [6, 6.07) is 14.9. The fourth-order valence-electron chi connectivity index (χ4n) is 7.66. The zero-order valence-electron chi connectivity index (χ0n) is 38.1. The molecule has 320 valence electrons. The van der Waals surface area contributed by atoms with Gasteiger partial charge in [0.2, 0.25) is 5.72 Å². The molecule has 0 aliphatic carbocycles. The van der Waals surface area contributed by atoms with Gasteiger partial charge < -0.3 is 23.2 Å². The monoisotopic (exact) mass is 844 g/mol. The van der Waals surface area contributed by atoms with Gasteiger partial charge in [0.15, 0.2) is 16.6 Å². The van der Waals surface area contributed by atoms with Crippen molar-refractivity contribution in [3.05, 3.63) is 77.6 Å². The summed E-state index contributed by atoms with van der Waals surface area (Å²) < 4.78 is 27.6. The minimum atomic E-state index is -2.87. The highest BCUT2D eigenvalue weighted by molar-refractivity contribution is 6.75. The molecular formula is C45H64N4O8Si2. The molecule has 6 rings (SSSR count). The zero-order valence-corrected chi connectivity index (χ0v) is 40.1. The van der Waals surface area contributed by atoms with E-state index in [1.54, 1.807) is 60.9 Å². The lowest BCUT2D eigenvalue weighted by Crippen LogP contribution is -2.74. The van der Waals surface area contributed by atoms with E-state index < -0.39 is 69.1 Å². The van der Waals surface area contributed by atoms with E-state index in [-0.39, 0.29) is 22.4 Å². The molecule has 0 bridgehead atoms. The lowest BCUT2D eigenvalue weighted by atomic mass is 9.74. The van der Waals surface area contributed by atoms with Crippen LogP contribution in [0.3, 0.4) is 0 Å². The fraction of sp³-hybridized carbons (Fsp3) is 0.556. The van der Waals surface area contributed by atoms with Gasteiger partial charge in [-0.05, 0) is 107 Å². The topological polar surface area (TPSA) is 120 Å². The van der Waals surface area contributed by atoms with E-state index in [1.165, 1.54) is 19.3 Å². The number of hydrogen-bond acceptors (Lipinski definition) is 8. The molecule has 4 heterocycles. The van der Waals surface area contributed by atoms with Crippen molar-refractivity contribution in [1.82, 2.24) is 14.4 Å². The molecule has 3 aliphatic rings. The second-order valence-corrected chi connectivity index (χ2v) is 30.8. The second kappa shape index (κ2) is 13.9. The number of likely N-dealkylation sites (N-methyl/N-ethyl adjacent to an activating group) is 1. The summed E-state index contributed by atoms with van der Waals surface area (Å²) in [4.78, 5) is 64.6. The smallest absolute Gasteiger partial charge is 0.419 e. The summed E-state index contributed by atoms with van der Waals surface area (Å²) in [5, 5.41) is 0.100. The molecule has 0 unspecified atom stereocenters. The number of carbonyl (C=O) groups excluding carboxylic acids is 4. The van der Waals surface area contributed by atoms with Gasteiger partial charge in [0.1, 0.15) is 23.1 Å². The maximum absolute atomic E-state index is 16.2. The van der Waals surface area contributed by atoms with Crippen LogP contribution in [0, 0.1) is 0 Å². The number of aromatic nitrogens is 1. The van der Waals surface area contributed by atoms with Gasteiger partial charge in [0.25, 0.3) is 11.8 Å². The first-order valence-electron chi connectivity index (χ1n) is 20.5. The van der Waals surface area contributed by atoms with Crippen molar-refractivity contribution in [1.29, 1.82) is 0 Å². The number of rotatable bonds is 6. The standard InChI is InChI=1S/C45H64N4O8Si2/c1-40(2,3)55-38(52)47-27-31(29-22-18-20-24-32(29)47)44-26-34-35(50)46(13)45(57-59(16,17)43(10,11)12,28-54-58(14,15)42(7,8)9)37(51)48(34)36(44)49(39(53)56-41(4,5)6)33-25-21-19-23-30(33)44/h18-27,36H,28H2,1-17H3/t36-,44+,45-/m0/s1. The Hall–Kier alpha value is -4.25. The predicted octanol–water partition coefficient (Wildman–Crippen LogP) is 9.73. The molecule has 3 atom stereocenters. The van der Waals surface area contributed by atoms with Crippen LogP contribution in [0.4, 0.5) is 15.3 Å². The first kappa shape index (κ1) is 44.3. The Morgan fingerprint density at radius 1 is 0.729 bits per heavy atom. The molecule has 0 spiro atoms. The van der Waals surface area contributed by atoms with Crippen LogP contribution in [0.15, 0.2) is 66.5 Å². The van der Waals surface area contributed by atoms with E-state index in [0.29, 0.717) is 27.7 Å². The van der Waals surface area contributed by atoms with Crippen molar-refractivity contribution in [2.24, 2.45) is 0 Å². The normalized spacial score (nSPS) is 22.7. The first-order valence-corrected chi connectivity index (χ1v) is 26.3. The lowest BCUT2D eigenvalue weighted by molar-refractivity contribution is -0.189. The average molecular weight is 845 g/mol. The number of anilines is 1. The Morgan fingerprint density at radius 3 is 1.85 bits per heavy atom. The van der Waals surface area contributed by atoms with Crippen molar-refractivity contribution in [3.8, 4) is 0 Å². The van der Waals surface area contributed by atoms with E-state index in [9.17, 15) is 9.59 Å². The zero-order chi connectivity index (χ0) is 44.3. The van der Waals surface area contributed by atoms with Crippen molar-refractivity contribution < 1.29 is 37.5 Å². The number of benzene rings is 2. The molecule has 12 nitrogen and oxygen atoms in total. The highest BCUT2D eigenvalue weighted by Gasteiger charge is 2.69. The quantitative estimate of drug-likeness (QED) is 0.225. The van der Waals surface area contributed by atoms with Crippen LogP contribution in [-0.4, -0.2) is 91.7 Å². The third-order valence-corrected chi connectivity index (χ3v) is 21.7. The van der Waals surface area contributed by atoms with Gasteiger partial charge in [-0.2, -0.15) is 0 Å². The summed E-state index contributed by atoms with van der Waals surface area (Å²) in [5.41, 5.74) is -2.58. The molecule has 1 saturated heterocycles. The minimum absolute atomic E-state index is 0.0847. The Labute approximate surface area is 352 Å². The summed E-state index contributed by atoms with van der Waals surface area (Å²) in [6.45, 7) is 31.5. The van der Waals surface area contributed by atoms with Crippen LogP contribution in [0.25, 0.3) is 10.9 Å². The maximum Gasteiger partial charge on any atom is 0.419 e. The average Bonchev–Trinajstić information content (AvgIpc) is 3.73. The summed E-state index contributed by atoms with van der Waals surface area (Å²) in [7, 11) is -3.81. The number of fused-ring (bicyclic) bond motifs is 6. The molecule has 0 N–H and O–H groups in total. The van der Waals surface area contributed by atoms with Gasteiger partial charge in [-0.3, -0.25) is 24.0 Å². The highest BCUT2D eigenvalue weighted by atomic mass is 28.4. The molecule has 1 fully saturated rings. The first-order chi connectivity index (χ1) is 26.8. The number of hydrogen-bond donors (Lipinski definition) is 0. The Kier molecular flexibility index (Phi) is 10.4. The SMILES string of the molecule is CN1C(=O)C2=C[C@]3(c4cn(C(=O)OC(C)(C)C)c5ccccc45)c4ccccc4N(C(=O)OC(C)(C)C)[C@@H]3N2C(=O)[C@]1(CO[Si](C)(C)C(C)(C)C)O[Si](C)(C)C(C)(C)C. The van der Waals surface area contributed by atoms with Crippen molar-refractivity contribution >= 4 is 57.2 Å². The number of carbonyl (C=O) groups is 4. The molecule has 1 aromatic heterocycles. The largest absolute Gasteiger partial charge is 0.443 e. The van der Waals surface area contributed by atoms with Crippen LogP contribution in [0.2, 0.25) is 36.3 Å². The van der Waals surface area contributed by atoms with Gasteiger partial charge in [-0.25, -0.2) is 9.59 Å². The summed E-state index contributed by atoms with van der Waals surface area (Å²) in [5.74, 6) is -0.994. The molecule has 14 heteroatoms. The Balaban J connectivity index is 1.68. The van der Waals surface area contributed by atoms with E-state index in [4.69, 9.17) is 18.3 Å². The van der Waals surface area contributed by atoms with Crippen molar-refractivity contribution in [2.45, 2.75) is 148 Å². The second-order valence-electron chi connectivity index (χ2n) is 21.3. The van der Waals surface area contributed by atoms with Crippen molar-refractivity contribution in [2.75, 3.05) is 18.6 Å². The van der Waals surface area contributed by atoms with Crippen molar-refractivity contribution in [3.63, 3.8) is 0 Å². The van der Waals surface area contributed by atoms with Crippen LogP contribution < -0.4 is 4.90 Å². The van der Waals surface area contributed by atoms with Crippen LogP contribution in [0.1, 0.15) is 94.2 Å². The van der Waals surface area contributed by atoms with Gasteiger partial charge >= 0.3 is 12.2 Å². The van der Waals surface area contributed by atoms with Crippen LogP contribution in [0.5, 0.6) is 0 Å². The molecule has 0 radical (unpaired) electrons. The predicted molar refractivity (Wildman–Crippen MR) is 235 cm³/mol.